The van der Waals surface area contributed by atoms with Crippen molar-refractivity contribution in [3.63, 3.8) is 0 Å². The molecule has 0 saturated heterocycles. The van der Waals surface area contributed by atoms with Crippen LogP contribution >= 0.6 is 0 Å². The minimum atomic E-state index is -3.39. The third-order valence-electron chi connectivity index (χ3n) is 3.65. The van der Waals surface area contributed by atoms with Gasteiger partial charge in [0, 0.05) is 12.1 Å². The van der Waals surface area contributed by atoms with Crippen LogP contribution in [-0.4, -0.2) is 20.1 Å². The Hall–Kier alpha value is -2.21. The topological polar surface area (TPSA) is 63.2 Å². The summed E-state index contributed by atoms with van der Waals surface area (Å²) in [4.78, 5) is 11.8. The normalized spacial score (nSPS) is 11.3. The fraction of sp³-hybridized carbons (Fsp3) is 0.278. The molecule has 0 aliphatic rings. The summed E-state index contributed by atoms with van der Waals surface area (Å²) >= 11 is 0. The number of halogens is 1. The highest BCUT2D eigenvalue weighted by Crippen LogP contribution is 2.15. The molecule has 0 saturated carbocycles. The molecule has 6 heteroatoms. The van der Waals surface area contributed by atoms with Crippen molar-refractivity contribution < 1.29 is 17.6 Å². The monoisotopic (exact) mass is 349 g/mol. The lowest BCUT2D eigenvalue weighted by molar-refractivity contribution is -0.115. The van der Waals surface area contributed by atoms with Gasteiger partial charge in [-0.05, 0) is 49.2 Å². The molecule has 0 unspecified atom stereocenters. The smallest absolute Gasteiger partial charge is 0.225 e. The van der Waals surface area contributed by atoms with Crippen LogP contribution in [0.1, 0.15) is 23.1 Å². The van der Waals surface area contributed by atoms with Gasteiger partial charge >= 0.3 is 0 Å². The number of anilines is 1. The van der Waals surface area contributed by atoms with Crippen LogP contribution in [0.3, 0.4) is 0 Å². The number of rotatable bonds is 6. The van der Waals surface area contributed by atoms with E-state index in [-0.39, 0.29) is 17.9 Å². The van der Waals surface area contributed by atoms with Gasteiger partial charge in [-0.15, -0.1) is 0 Å². The highest BCUT2D eigenvalue weighted by Gasteiger charge is 2.16. The maximum atomic E-state index is 12.8. The van der Waals surface area contributed by atoms with E-state index < -0.39 is 21.6 Å². The van der Waals surface area contributed by atoms with Gasteiger partial charge in [-0.1, -0.05) is 23.8 Å². The second kappa shape index (κ2) is 7.57. The van der Waals surface area contributed by atoms with Crippen LogP contribution < -0.4 is 5.32 Å². The van der Waals surface area contributed by atoms with Gasteiger partial charge in [-0.25, -0.2) is 12.8 Å². The number of sulfone groups is 1. The molecular weight excluding hydrogens is 329 g/mol. The number of hydrogen-bond donors (Lipinski definition) is 1. The van der Waals surface area contributed by atoms with Crippen molar-refractivity contribution in [1.29, 1.82) is 0 Å². The summed E-state index contributed by atoms with van der Waals surface area (Å²) in [6.45, 7) is 3.78. The third-order valence-corrected chi connectivity index (χ3v) is 5.23. The first kappa shape index (κ1) is 18.1. The summed E-state index contributed by atoms with van der Waals surface area (Å²) in [6, 6.07) is 11.0. The zero-order valence-electron chi connectivity index (χ0n) is 13.7. The Kier molecular flexibility index (Phi) is 5.72. The van der Waals surface area contributed by atoms with Crippen molar-refractivity contribution >= 4 is 21.4 Å². The Morgan fingerprint density at radius 3 is 2.42 bits per heavy atom. The first-order chi connectivity index (χ1) is 11.2. The second-order valence-corrected chi connectivity index (χ2v) is 8.01. The quantitative estimate of drug-likeness (QED) is 0.869. The van der Waals surface area contributed by atoms with Crippen LogP contribution in [-0.2, 0) is 20.4 Å². The molecule has 2 aromatic carbocycles. The largest absolute Gasteiger partial charge is 0.326 e. The van der Waals surface area contributed by atoms with Gasteiger partial charge in [0.25, 0.3) is 0 Å². The number of amides is 1. The van der Waals surface area contributed by atoms with E-state index in [0.717, 1.165) is 16.7 Å². The number of aryl methyl sites for hydroxylation is 2. The molecule has 0 aromatic heterocycles. The molecule has 2 rings (SSSR count). The zero-order valence-corrected chi connectivity index (χ0v) is 14.5. The van der Waals surface area contributed by atoms with E-state index in [0.29, 0.717) is 5.69 Å². The van der Waals surface area contributed by atoms with Gasteiger partial charge in [0.1, 0.15) is 5.82 Å². The third kappa shape index (κ3) is 5.45. The molecule has 1 N–H and O–H groups in total. The van der Waals surface area contributed by atoms with Crippen LogP contribution in [0.5, 0.6) is 0 Å². The van der Waals surface area contributed by atoms with Crippen LogP contribution in [0, 0.1) is 19.7 Å². The standard InChI is InChI=1S/C18H20FNO3S/c1-13-3-4-14(2)15(11-13)12-24(22,23)10-9-18(21)20-17-7-5-16(19)6-8-17/h3-8,11H,9-10,12H2,1-2H3,(H,20,21). The van der Waals surface area contributed by atoms with E-state index in [1.54, 1.807) is 0 Å². The van der Waals surface area contributed by atoms with Gasteiger partial charge in [0.2, 0.25) is 5.91 Å². The van der Waals surface area contributed by atoms with Crippen LogP contribution in [0.15, 0.2) is 42.5 Å². The van der Waals surface area contributed by atoms with Crippen molar-refractivity contribution in [3.05, 3.63) is 65.0 Å². The van der Waals surface area contributed by atoms with Crippen molar-refractivity contribution in [2.45, 2.75) is 26.0 Å². The molecule has 4 nitrogen and oxygen atoms in total. The molecule has 0 radical (unpaired) electrons. The number of benzene rings is 2. The van der Waals surface area contributed by atoms with Gasteiger partial charge in [-0.2, -0.15) is 0 Å². The molecule has 0 spiro atoms. The number of nitrogens with one attached hydrogen (secondary N) is 1. The van der Waals surface area contributed by atoms with E-state index in [9.17, 15) is 17.6 Å². The zero-order chi connectivity index (χ0) is 17.7. The highest BCUT2D eigenvalue weighted by atomic mass is 32.2. The van der Waals surface area contributed by atoms with Crippen LogP contribution in [0.25, 0.3) is 0 Å². The molecule has 24 heavy (non-hydrogen) atoms. The van der Waals surface area contributed by atoms with Crippen LogP contribution in [0.2, 0.25) is 0 Å². The van der Waals surface area contributed by atoms with E-state index in [1.165, 1.54) is 24.3 Å². The summed E-state index contributed by atoms with van der Waals surface area (Å²) in [5, 5.41) is 2.56. The predicted octanol–water partition coefficient (Wildman–Crippen LogP) is 3.39. The second-order valence-electron chi connectivity index (χ2n) is 5.83. The van der Waals surface area contributed by atoms with Crippen molar-refractivity contribution in [2.24, 2.45) is 0 Å². The molecule has 2 aromatic rings. The molecular formula is C18H20FNO3S. The Bertz CT molecular complexity index is 830. The molecule has 0 bridgehead atoms. The van der Waals surface area contributed by atoms with Crippen LogP contribution in [0.4, 0.5) is 10.1 Å². The molecule has 0 aliphatic carbocycles. The average Bonchev–Trinajstić information content (AvgIpc) is 2.51. The van der Waals surface area contributed by atoms with E-state index >= 15 is 0 Å². The minimum Gasteiger partial charge on any atom is -0.326 e. The molecule has 0 heterocycles. The van der Waals surface area contributed by atoms with Crippen molar-refractivity contribution in [2.75, 3.05) is 11.1 Å². The van der Waals surface area contributed by atoms with Crippen molar-refractivity contribution in [1.82, 2.24) is 0 Å². The molecule has 0 aliphatic heterocycles. The van der Waals surface area contributed by atoms with E-state index in [1.807, 2.05) is 32.0 Å². The van der Waals surface area contributed by atoms with Gasteiger partial charge < -0.3 is 5.32 Å². The highest BCUT2D eigenvalue weighted by molar-refractivity contribution is 7.90. The Balaban J connectivity index is 1.93. The Labute approximate surface area is 141 Å². The predicted molar refractivity (Wildman–Crippen MR) is 93.1 cm³/mol. The number of hydrogen-bond acceptors (Lipinski definition) is 3. The molecule has 0 fully saturated rings. The lowest BCUT2D eigenvalue weighted by Crippen LogP contribution is -2.18. The average molecular weight is 349 g/mol. The fourth-order valence-corrected chi connectivity index (χ4v) is 3.70. The first-order valence-corrected chi connectivity index (χ1v) is 9.39. The summed E-state index contributed by atoms with van der Waals surface area (Å²) < 4.78 is 37.3. The maximum Gasteiger partial charge on any atom is 0.225 e. The summed E-state index contributed by atoms with van der Waals surface area (Å²) in [5.74, 6) is -1.12. The Morgan fingerprint density at radius 2 is 1.75 bits per heavy atom. The summed E-state index contributed by atoms with van der Waals surface area (Å²) in [7, 11) is -3.39. The summed E-state index contributed by atoms with van der Waals surface area (Å²) in [5.41, 5.74) is 3.11. The van der Waals surface area contributed by atoms with Crippen molar-refractivity contribution in [3.8, 4) is 0 Å². The molecule has 0 atom stereocenters. The SMILES string of the molecule is Cc1ccc(C)c(CS(=O)(=O)CCC(=O)Nc2ccc(F)cc2)c1. The van der Waals surface area contributed by atoms with Gasteiger partial charge in [-0.3, -0.25) is 4.79 Å². The lowest BCUT2D eigenvalue weighted by Gasteiger charge is -2.09. The maximum absolute atomic E-state index is 12.8. The number of carbonyl (C=O) groups excluding carboxylic acids is 1. The number of carbonyl (C=O) groups is 1. The Morgan fingerprint density at radius 1 is 1.08 bits per heavy atom. The fourth-order valence-electron chi connectivity index (χ4n) is 2.27. The lowest BCUT2D eigenvalue weighted by atomic mass is 10.1. The summed E-state index contributed by atoms with van der Waals surface area (Å²) in [6.07, 6.45) is -0.134. The van der Waals surface area contributed by atoms with Gasteiger partial charge in [0.05, 0.1) is 11.5 Å². The first-order valence-electron chi connectivity index (χ1n) is 7.57. The molecule has 128 valence electrons. The van der Waals surface area contributed by atoms with E-state index in [2.05, 4.69) is 5.32 Å². The molecule has 1 amide bonds. The van der Waals surface area contributed by atoms with Gasteiger partial charge in [0.15, 0.2) is 9.84 Å². The van der Waals surface area contributed by atoms with E-state index in [4.69, 9.17) is 0 Å². The minimum absolute atomic E-state index is 0.0790.